The van der Waals surface area contributed by atoms with Crippen LogP contribution in [0.5, 0.6) is 0 Å². The molecule has 0 radical (unpaired) electrons. The number of esters is 2. The van der Waals surface area contributed by atoms with Gasteiger partial charge in [0.1, 0.15) is 6.29 Å². The molecule has 2 aliphatic rings. The van der Waals surface area contributed by atoms with Crippen molar-refractivity contribution in [3.63, 3.8) is 0 Å². The van der Waals surface area contributed by atoms with E-state index in [1.807, 2.05) is 0 Å². The van der Waals surface area contributed by atoms with Crippen molar-refractivity contribution in [2.45, 2.75) is 19.6 Å². The molecule has 6 heteroatoms. The summed E-state index contributed by atoms with van der Waals surface area (Å²) in [4.78, 5) is 33.7. The fourth-order valence-corrected chi connectivity index (χ4v) is 2.47. The van der Waals surface area contributed by atoms with Crippen LogP contribution >= 0.6 is 0 Å². The van der Waals surface area contributed by atoms with E-state index in [1.54, 1.807) is 6.08 Å². The quantitative estimate of drug-likeness (QED) is 0.553. The van der Waals surface area contributed by atoms with Gasteiger partial charge >= 0.3 is 11.9 Å². The van der Waals surface area contributed by atoms with Crippen LogP contribution in [-0.4, -0.2) is 31.6 Å². The molecule has 0 fully saturated rings. The third-order valence-electron chi connectivity index (χ3n) is 3.29. The van der Waals surface area contributed by atoms with Crippen LogP contribution < -0.4 is 0 Å². The van der Waals surface area contributed by atoms with Crippen LogP contribution in [0.1, 0.15) is 13.3 Å². The molecular formula is C13H14O6. The first-order valence-electron chi connectivity index (χ1n) is 5.84. The topological polar surface area (TPSA) is 78.9 Å². The first kappa shape index (κ1) is 13.3. The van der Waals surface area contributed by atoms with E-state index >= 15 is 0 Å². The molecule has 1 aliphatic heterocycles. The Hall–Kier alpha value is -2.11. The summed E-state index contributed by atoms with van der Waals surface area (Å²) in [5.74, 6) is -1.72. The van der Waals surface area contributed by atoms with Crippen molar-refractivity contribution in [1.82, 2.24) is 0 Å². The second kappa shape index (κ2) is 5.26. The number of hydrogen-bond acceptors (Lipinski definition) is 6. The number of methoxy groups -OCH3 is 1. The highest BCUT2D eigenvalue weighted by Gasteiger charge is 2.45. The van der Waals surface area contributed by atoms with Crippen LogP contribution in [0.2, 0.25) is 0 Å². The van der Waals surface area contributed by atoms with Crippen molar-refractivity contribution in [1.29, 1.82) is 0 Å². The number of carbonyl (C=O) groups is 3. The standard InChI is InChI=1S/C13H14O6/c1-7(15)19-13-11-8(5-14)3-4-9(11)10(6-18-13)12(16)17-2/h3,5-6,9,11,13H,4H2,1-2H3/t9?,11?,13-/m0/s1. The van der Waals surface area contributed by atoms with Crippen LogP contribution in [0.4, 0.5) is 0 Å². The lowest BCUT2D eigenvalue weighted by atomic mass is 9.83. The van der Waals surface area contributed by atoms with Crippen LogP contribution in [0.25, 0.3) is 0 Å². The summed E-state index contributed by atoms with van der Waals surface area (Å²) in [6, 6.07) is 0. The number of hydrogen-bond donors (Lipinski definition) is 0. The van der Waals surface area contributed by atoms with Gasteiger partial charge in [0, 0.05) is 12.8 Å². The molecule has 0 amide bonds. The zero-order valence-electron chi connectivity index (χ0n) is 10.6. The lowest BCUT2D eigenvalue weighted by molar-refractivity contribution is -0.179. The van der Waals surface area contributed by atoms with E-state index in [0.717, 1.165) is 0 Å². The molecule has 1 heterocycles. The summed E-state index contributed by atoms with van der Waals surface area (Å²) in [6.45, 7) is 1.26. The molecule has 0 spiro atoms. The maximum atomic E-state index is 11.6. The minimum atomic E-state index is -0.880. The van der Waals surface area contributed by atoms with Gasteiger partial charge in [0.05, 0.1) is 24.9 Å². The molecule has 2 unspecified atom stereocenters. The molecule has 0 saturated carbocycles. The second-order valence-electron chi connectivity index (χ2n) is 4.37. The van der Waals surface area contributed by atoms with Gasteiger partial charge in [-0.1, -0.05) is 6.08 Å². The van der Waals surface area contributed by atoms with E-state index in [1.165, 1.54) is 20.3 Å². The molecule has 0 saturated heterocycles. The van der Waals surface area contributed by atoms with Gasteiger partial charge in [-0.15, -0.1) is 0 Å². The maximum absolute atomic E-state index is 11.6. The number of ether oxygens (including phenoxy) is 3. The van der Waals surface area contributed by atoms with Gasteiger partial charge in [-0.3, -0.25) is 9.59 Å². The van der Waals surface area contributed by atoms with Gasteiger partial charge in [-0.25, -0.2) is 4.79 Å². The Labute approximate surface area is 110 Å². The highest BCUT2D eigenvalue weighted by atomic mass is 16.7. The number of aldehydes is 1. The van der Waals surface area contributed by atoms with E-state index in [-0.39, 0.29) is 5.92 Å². The highest BCUT2D eigenvalue weighted by molar-refractivity contribution is 5.90. The molecule has 1 aliphatic carbocycles. The Morgan fingerprint density at radius 2 is 2.21 bits per heavy atom. The zero-order valence-corrected chi connectivity index (χ0v) is 10.6. The van der Waals surface area contributed by atoms with E-state index in [2.05, 4.69) is 4.74 Å². The molecule has 0 aromatic heterocycles. The van der Waals surface area contributed by atoms with Crippen LogP contribution in [0.15, 0.2) is 23.5 Å². The van der Waals surface area contributed by atoms with Gasteiger partial charge in [0.25, 0.3) is 6.29 Å². The molecule has 0 aromatic rings. The molecule has 0 N–H and O–H groups in total. The highest BCUT2D eigenvalue weighted by Crippen LogP contribution is 2.42. The fourth-order valence-electron chi connectivity index (χ4n) is 2.47. The SMILES string of the molecule is COC(=O)C1=CO[C@@H](OC(C)=O)C2C(C=O)=CCC12. The fraction of sp³-hybridized carbons (Fsp3) is 0.462. The average Bonchev–Trinajstić information content (AvgIpc) is 2.82. The van der Waals surface area contributed by atoms with E-state index in [4.69, 9.17) is 9.47 Å². The zero-order chi connectivity index (χ0) is 14.0. The molecule has 0 bridgehead atoms. The van der Waals surface area contributed by atoms with Crippen molar-refractivity contribution in [3.8, 4) is 0 Å². The predicted molar refractivity (Wildman–Crippen MR) is 62.5 cm³/mol. The van der Waals surface area contributed by atoms with Crippen molar-refractivity contribution >= 4 is 18.2 Å². The molecule has 2 rings (SSSR count). The summed E-state index contributed by atoms with van der Waals surface area (Å²) in [7, 11) is 1.28. The first-order chi connectivity index (χ1) is 9.08. The third-order valence-corrected chi connectivity index (χ3v) is 3.29. The minimum absolute atomic E-state index is 0.259. The number of allylic oxidation sites excluding steroid dienone is 1. The normalized spacial score (nSPS) is 28.4. The summed E-state index contributed by atoms with van der Waals surface area (Å²) in [5, 5.41) is 0. The second-order valence-corrected chi connectivity index (χ2v) is 4.37. The number of carbonyl (C=O) groups excluding carboxylic acids is 3. The van der Waals surface area contributed by atoms with Crippen LogP contribution in [-0.2, 0) is 28.6 Å². The Balaban J connectivity index is 2.30. The van der Waals surface area contributed by atoms with Gasteiger partial charge < -0.3 is 14.2 Å². The monoisotopic (exact) mass is 266 g/mol. The Morgan fingerprint density at radius 3 is 2.79 bits per heavy atom. The molecule has 102 valence electrons. The summed E-state index contributed by atoms with van der Waals surface area (Å²) >= 11 is 0. The van der Waals surface area contributed by atoms with Gasteiger partial charge in [-0.05, 0) is 12.0 Å². The molecular weight excluding hydrogens is 252 g/mol. The Morgan fingerprint density at radius 1 is 1.47 bits per heavy atom. The number of rotatable bonds is 3. The van der Waals surface area contributed by atoms with Gasteiger partial charge in [0.2, 0.25) is 0 Å². The first-order valence-corrected chi connectivity index (χ1v) is 5.84. The maximum Gasteiger partial charge on any atom is 0.337 e. The Kier molecular flexibility index (Phi) is 3.69. The molecule has 19 heavy (non-hydrogen) atoms. The summed E-state index contributed by atoms with van der Waals surface area (Å²) in [6.07, 6.45) is 3.31. The average molecular weight is 266 g/mol. The van der Waals surface area contributed by atoms with Crippen LogP contribution in [0, 0.1) is 11.8 Å². The summed E-state index contributed by atoms with van der Waals surface area (Å²) in [5.41, 5.74) is 0.828. The van der Waals surface area contributed by atoms with Crippen LogP contribution in [0.3, 0.4) is 0 Å². The largest absolute Gasteiger partial charge is 0.466 e. The molecule has 6 nitrogen and oxygen atoms in total. The third kappa shape index (κ3) is 2.38. The smallest absolute Gasteiger partial charge is 0.337 e. The Bertz CT molecular complexity index is 476. The lowest BCUT2D eigenvalue weighted by Crippen LogP contribution is -2.38. The number of fused-ring (bicyclic) bond motifs is 1. The van der Waals surface area contributed by atoms with Crippen molar-refractivity contribution in [3.05, 3.63) is 23.5 Å². The van der Waals surface area contributed by atoms with E-state index < -0.39 is 24.1 Å². The van der Waals surface area contributed by atoms with Gasteiger partial charge in [0.15, 0.2) is 0 Å². The van der Waals surface area contributed by atoms with Crippen molar-refractivity contribution in [2.24, 2.45) is 11.8 Å². The lowest BCUT2D eigenvalue weighted by Gasteiger charge is -2.33. The predicted octanol–water partition coefficient (Wildman–Crippen LogP) is 0.724. The van der Waals surface area contributed by atoms with Crippen molar-refractivity contribution < 1.29 is 28.6 Å². The van der Waals surface area contributed by atoms with E-state index in [0.29, 0.717) is 23.9 Å². The summed E-state index contributed by atoms with van der Waals surface area (Å²) < 4.78 is 15.0. The van der Waals surface area contributed by atoms with E-state index in [9.17, 15) is 14.4 Å². The molecule has 3 atom stereocenters. The van der Waals surface area contributed by atoms with Crippen molar-refractivity contribution in [2.75, 3.05) is 7.11 Å². The van der Waals surface area contributed by atoms with Gasteiger partial charge in [-0.2, -0.15) is 0 Å². The molecule has 0 aromatic carbocycles. The minimum Gasteiger partial charge on any atom is -0.466 e.